The highest BCUT2D eigenvalue weighted by molar-refractivity contribution is 7.18. The summed E-state index contributed by atoms with van der Waals surface area (Å²) in [6.45, 7) is 9.70. The number of aryl methyl sites for hydroxylation is 2. The molecular weight excluding hydrogens is 368 g/mol. The lowest BCUT2D eigenvalue weighted by Crippen LogP contribution is -2.47. The van der Waals surface area contributed by atoms with Crippen LogP contribution in [0.5, 0.6) is 0 Å². The first kappa shape index (κ1) is 17.4. The van der Waals surface area contributed by atoms with Gasteiger partial charge in [0.2, 0.25) is 0 Å². The number of halogens is 1. The highest BCUT2D eigenvalue weighted by atomic mass is 35.5. The standard InChI is InChI=1S/C18H21ClN6S/c1-4-14-22-15(19)12(3)16(23-14)24-5-7-25(8-6-24)17-13-9-11(2)26-18(13)21-10-20-17/h9-10H,4-8H2,1-3H3. The van der Waals surface area contributed by atoms with Gasteiger partial charge in [-0.1, -0.05) is 18.5 Å². The molecule has 0 radical (unpaired) electrons. The van der Waals surface area contributed by atoms with Crippen molar-refractivity contribution in [1.82, 2.24) is 19.9 Å². The van der Waals surface area contributed by atoms with Crippen LogP contribution in [-0.2, 0) is 6.42 Å². The minimum atomic E-state index is 0.556. The Morgan fingerprint density at radius 3 is 2.42 bits per heavy atom. The number of nitrogens with zero attached hydrogens (tertiary/aromatic N) is 6. The summed E-state index contributed by atoms with van der Waals surface area (Å²) in [4.78, 5) is 25.0. The number of hydrogen-bond donors (Lipinski definition) is 0. The van der Waals surface area contributed by atoms with Crippen LogP contribution in [0.4, 0.5) is 11.6 Å². The van der Waals surface area contributed by atoms with Crippen molar-refractivity contribution in [3.8, 4) is 0 Å². The molecule has 0 aromatic carbocycles. The van der Waals surface area contributed by atoms with E-state index in [-0.39, 0.29) is 0 Å². The van der Waals surface area contributed by atoms with Gasteiger partial charge in [0.05, 0.1) is 5.39 Å². The molecule has 136 valence electrons. The molecule has 3 aromatic heterocycles. The summed E-state index contributed by atoms with van der Waals surface area (Å²) in [6, 6.07) is 2.18. The van der Waals surface area contributed by atoms with E-state index in [1.807, 2.05) is 13.8 Å². The van der Waals surface area contributed by atoms with E-state index in [9.17, 15) is 0 Å². The van der Waals surface area contributed by atoms with E-state index in [0.29, 0.717) is 5.15 Å². The Morgan fingerprint density at radius 2 is 1.73 bits per heavy atom. The average molecular weight is 389 g/mol. The molecule has 0 saturated carbocycles. The minimum absolute atomic E-state index is 0.556. The summed E-state index contributed by atoms with van der Waals surface area (Å²) < 4.78 is 0. The van der Waals surface area contributed by atoms with Crippen LogP contribution in [0.2, 0.25) is 5.15 Å². The Kier molecular flexibility index (Phi) is 4.67. The van der Waals surface area contributed by atoms with Crippen molar-refractivity contribution in [3.05, 3.63) is 33.8 Å². The van der Waals surface area contributed by atoms with Crippen molar-refractivity contribution in [2.75, 3.05) is 36.0 Å². The molecule has 1 aliphatic heterocycles. The predicted octanol–water partition coefficient (Wildman–Crippen LogP) is 3.64. The fourth-order valence-electron chi connectivity index (χ4n) is 3.33. The molecule has 0 unspecified atom stereocenters. The van der Waals surface area contributed by atoms with Gasteiger partial charge in [0.15, 0.2) is 0 Å². The van der Waals surface area contributed by atoms with Gasteiger partial charge in [-0.25, -0.2) is 19.9 Å². The second-order valence-electron chi connectivity index (χ2n) is 6.48. The van der Waals surface area contributed by atoms with E-state index in [4.69, 9.17) is 16.6 Å². The first-order valence-corrected chi connectivity index (χ1v) is 10.00. The Morgan fingerprint density at radius 1 is 1.04 bits per heavy atom. The Hall–Kier alpha value is -1.99. The second-order valence-corrected chi connectivity index (χ2v) is 8.07. The SMILES string of the molecule is CCc1nc(Cl)c(C)c(N2CCN(c3ncnc4sc(C)cc34)CC2)n1. The van der Waals surface area contributed by atoms with Gasteiger partial charge in [-0.3, -0.25) is 0 Å². The maximum absolute atomic E-state index is 6.31. The number of fused-ring (bicyclic) bond motifs is 1. The van der Waals surface area contributed by atoms with Gasteiger partial charge in [0.1, 0.15) is 33.8 Å². The molecule has 1 fully saturated rings. The summed E-state index contributed by atoms with van der Waals surface area (Å²) in [6.07, 6.45) is 2.45. The van der Waals surface area contributed by atoms with Crippen molar-refractivity contribution in [3.63, 3.8) is 0 Å². The largest absolute Gasteiger partial charge is 0.353 e. The molecule has 0 amide bonds. The normalized spacial score (nSPS) is 15.1. The van der Waals surface area contributed by atoms with Gasteiger partial charge in [0, 0.05) is 43.0 Å². The molecule has 4 rings (SSSR count). The fraction of sp³-hybridized carbons (Fsp3) is 0.444. The highest BCUT2D eigenvalue weighted by Crippen LogP contribution is 2.31. The monoisotopic (exact) mass is 388 g/mol. The van der Waals surface area contributed by atoms with Crippen molar-refractivity contribution in [2.24, 2.45) is 0 Å². The quantitative estimate of drug-likeness (QED) is 0.638. The average Bonchev–Trinajstić information content (AvgIpc) is 3.04. The molecule has 0 N–H and O–H groups in total. The Balaban J connectivity index is 1.57. The summed E-state index contributed by atoms with van der Waals surface area (Å²) in [5, 5.41) is 1.71. The van der Waals surface area contributed by atoms with E-state index >= 15 is 0 Å². The van der Waals surface area contributed by atoms with Gasteiger partial charge < -0.3 is 9.80 Å². The lowest BCUT2D eigenvalue weighted by molar-refractivity contribution is 0.639. The van der Waals surface area contributed by atoms with Crippen LogP contribution in [0, 0.1) is 13.8 Å². The molecular formula is C18H21ClN6S. The number of anilines is 2. The summed E-state index contributed by atoms with van der Waals surface area (Å²) in [5.41, 5.74) is 0.954. The number of hydrogen-bond acceptors (Lipinski definition) is 7. The Bertz CT molecular complexity index is 948. The minimum Gasteiger partial charge on any atom is -0.353 e. The summed E-state index contributed by atoms with van der Waals surface area (Å²) in [7, 11) is 0. The van der Waals surface area contributed by atoms with Crippen LogP contribution in [0.25, 0.3) is 10.2 Å². The zero-order valence-electron chi connectivity index (χ0n) is 15.2. The number of aromatic nitrogens is 4. The molecule has 1 aliphatic rings. The third-order valence-corrected chi connectivity index (χ3v) is 6.06. The van der Waals surface area contributed by atoms with Gasteiger partial charge in [-0.05, 0) is 19.9 Å². The molecule has 0 spiro atoms. The number of thiophene rings is 1. The molecule has 3 aromatic rings. The van der Waals surface area contributed by atoms with Crippen molar-refractivity contribution in [2.45, 2.75) is 27.2 Å². The third-order valence-electron chi connectivity index (χ3n) is 4.73. The molecule has 1 saturated heterocycles. The van der Waals surface area contributed by atoms with E-state index < -0.39 is 0 Å². The molecule has 8 heteroatoms. The summed E-state index contributed by atoms with van der Waals surface area (Å²) in [5.74, 6) is 2.79. The second kappa shape index (κ2) is 6.96. The fourth-order valence-corrected chi connectivity index (χ4v) is 4.36. The predicted molar refractivity (Wildman–Crippen MR) is 108 cm³/mol. The van der Waals surface area contributed by atoms with E-state index in [1.54, 1.807) is 17.7 Å². The van der Waals surface area contributed by atoms with Gasteiger partial charge in [-0.2, -0.15) is 0 Å². The topological polar surface area (TPSA) is 58.0 Å². The molecule has 26 heavy (non-hydrogen) atoms. The first-order valence-electron chi connectivity index (χ1n) is 8.81. The maximum atomic E-state index is 6.31. The smallest absolute Gasteiger partial charge is 0.140 e. The van der Waals surface area contributed by atoms with Crippen LogP contribution in [0.3, 0.4) is 0 Å². The van der Waals surface area contributed by atoms with Crippen LogP contribution < -0.4 is 9.80 Å². The van der Waals surface area contributed by atoms with Crippen LogP contribution in [-0.4, -0.2) is 46.1 Å². The van der Waals surface area contributed by atoms with Gasteiger partial charge in [-0.15, -0.1) is 11.3 Å². The molecule has 0 atom stereocenters. The van der Waals surface area contributed by atoms with Crippen molar-refractivity contribution < 1.29 is 0 Å². The van der Waals surface area contributed by atoms with Crippen LogP contribution in [0.15, 0.2) is 12.4 Å². The van der Waals surface area contributed by atoms with E-state index in [1.165, 1.54) is 4.88 Å². The number of rotatable bonds is 3. The first-order chi connectivity index (χ1) is 12.6. The third kappa shape index (κ3) is 3.10. The maximum Gasteiger partial charge on any atom is 0.140 e. The number of piperazine rings is 1. The van der Waals surface area contributed by atoms with Gasteiger partial charge in [0.25, 0.3) is 0 Å². The molecule has 0 bridgehead atoms. The molecule has 6 nitrogen and oxygen atoms in total. The molecule has 0 aliphatic carbocycles. The van der Waals surface area contributed by atoms with Gasteiger partial charge >= 0.3 is 0 Å². The highest BCUT2D eigenvalue weighted by Gasteiger charge is 2.23. The Labute approximate surface area is 161 Å². The summed E-state index contributed by atoms with van der Waals surface area (Å²) >= 11 is 8.02. The van der Waals surface area contributed by atoms with E-state index in [0.717, 1.165) is 65.8 Å². The lowest BCUT2D eigenvalue weighted by atomic mass is 10.2. The van der Waals surface area contributed by atoms with Crippen LogP contribution in [0.1, 0.15) is 23.2 Å². The van der Waals surface area contributed by atoms with Crippen molar-refractivity contribution in [1.29, 1.82) is 0 Å². The van der Waals surface area contributed by atoms with E-state index in [2.05, 4.69) is 37.7 Å². The molecule has 4 heterocycles. The van der Waals surface area contributed by atoms with Crippen molar-refractivity contribution >= 4 is 44.8 Å². The van der Waals surface area contributed by atoms with Crippen LogP contribution >= 0.6 is 22.9 Å². The lowest BCUT2D eigenvalue weighted by Gasteiger charge is -2.37. The zero-order valence-corrected chi connectivity index (χ0v) is 16.7. The zero-order chi connectivity index (χ0) is 18.3.